The molecule has 0 spiro atoms. The lowest BCUT2D eigenvalue weighted by Crippen LogP contribution is -2.31. The van der Waals surface area contributed by atoms with Crippen LogP contribution in [0.5, 0.6) is 0 Å². The van der Waals surface area contributed by atoms with Gasteiger partial charge in [-0.1, -0.05) is 70.3 Å². The predicted molar refractivity (Wildman–Crippen MR) is 128 cm³/mol. The van der Waals surface area contributed by atoms with Gasteiger partial charge in [0.2, 0.25) is 0 Å². The first-order valence-corrected chi connectivity index (χ1v) is 12.4. The van der Waals surface area contributed by atoms with E-state index in [1.807, 2.05) is 0 Å². The molecule has 186 valence electrons. The number of amides is 1. The molecule has 0 aliphatic heterocycles. The molecule has 0 atom stereocenters. The molecule has 1 amide bonds. The molecular formula is C22H12Cl3F3N4O3S. The number of alkyl halides is 3. The molecule has 14 heteroatoms. The Kier molecular flexibility index (Phi) is 7.02. The fourth-order valence-electron chi connectivity index (χ4n) is 3.22. The van der Waals surface area contributed by atoms with Crippen LogP contribution >= 0.6 is 34.8 Å². The summed E-state index contributed by atoms with van der Waals surface area (Å²) in [6, 6.07) is 14.5. The van der Waals surface area contributed by atoms with Crippen molar-refractivity contribution in [3.05, 3.63) is 93.1 Å². The molecule has 1 aromatic heterocycles. The van der Waals surface area contributed by atoms with Crippen LogP contribution in [0.1, 0.15) is 16.1 Å². The molecule has 0 fully saturated rings. The van der Waals surface area contributed by atoms with Crippen LogP contribution in [-0.4, -0.2) is 29.3 Å². The summed E-state index contributed by atoms with van der Waals surface area (Å²) in [5, 5.41) is 7.77. The second-order valence-corrected chi connectivity index (χ2v) is 10.1. The molecule has 1 N–H and O–H groups in total. The van der Waals surface area contributed by atoms with Crippen LogP contribution in [-0.2, 0) is 16.2 Å². The highest BCUT2D eigenvalue weighted by molar-refractivity contribution is 7.90. The van der Waals surface area contributed by atoms with Crippen molar-refractivity contribution in [3.8, 4) is 16.9 Å². The van der Waals surface area contributed by atoms with Gasteiger partial charge in [0.15, 0.2) is 5.69 Å². The molecule has 0 radical (unpaired) electrons. The number of nitrogens with zero attached hydrogens (tertiary/aromatic N) is 3. The molecule has 36 heavy (non-hydrogen) atoms. The van der Waals surface area contributed by atoms with Crippen LogP contribution in [0.25, 0.3) is 16.9 Å². The van der Waals surface area contributed by atoms with E-state index in [9.17, 15) is 26.4 Å². The lowest BCUT2D eigenvalue weighted by atomic mass is 10.1. The zero-order valence-corrected chi connectivity index (χ0v) is 20.7. The average Bonchev–Trinajstić information content (AvgIpc) is 3.24. The molecule has 0 aliphatic rings. The van der Waals surface area contributed by atoms with Crippen molar-refractivity contribution in [2.75, 3.05) is 0 Å². The van der Waals surface area contributed by atoms with E-state index in [0.29, 0.717) is 22.7 Å². The Hall–Kier alpha value is -3.12. The summed E-state index contributed by atoms with van der Waals surface area (Å²) < 4.78 is 68.0. The highest BCUT2D eigenvalue weighted by Crippen LogP contribution is 2.34. The van der Waals surface area contributed by atoms with Gasteiger partial charge < -0.3 is 0 Å². The monoisotopic (exact) mass is 574 g/mol. The number of hydrogen-bond acceptors (Lipinski definition) is 5. The van der Waals surface area contributed by atoms with Gasteiger partial charge in [0, 0.05) is 10.6 Å². The van der Waals surface area contributed by atoms with E-state index in [-0.39, 0.29) is 16.4 Å². The van der Waals surface area contributed by atoms with Gasteiger partial charge in [-0.05, 0) is 36.4 Å². The number of nitrogens with one attached hydrogen (secondary N) is 1. The SMILES string of the molecule is O=C(NS(=O)(=O)c1cc(C(F)(F)F)ccc1Cl)c1nnn(-c2ccc(Cl)cc2Cl)c1-c1ccccc1. The fourth-order valence-corrected chi connectivity index (χ4v) is 5.19. The van der Waals surface area contributed by atoms with Crippen molar-refractivity contribution in [2.45, 2.75) is 11.1 Å². The maximum atomic E-state index is 13.1. The first-order chi connectivity index (χ1) is 16.9. The largest absolute Gasteiger partial charge is 0.416 e. The third-order valence-corrected chi connectivity index (χ3v) is 7.20. The summed E-state index contributed by atoms with van der Waals surface area (Å²) in [5.41, 5.74) is -0.905. The Balaban J connectivity index is 1.80. The Morgan fingerprint density at radius 1 is 0.917 bits per heavy atom. The van der Waals surface area contributed by atoms with Crippen LogP contribution in [0.15, 0.2) is 71.6 Å². The van der Waals surface area contributed by atoms with Gasteiger partial charge in [0.1, 0.15) is 10.6 Å². The van der Waals surface area contributed by atoms with Gasteiger partial charge in [-0.25, -0.2) is 17.8 Å². The summed E-state index contributed by atoms with van der Waals surface area (Å²) in [6.07, 6.45) is -4.83. The summed E-state index contributed by atoms with van der Waals surface area (Å²) >= 11 is 18.1. The van der Waals surface area contributed by atoms with Crippen molar-refractivity contribution < 1.29 is 26.4 Å². The predicted octanol–water partition coefficient (Wildman–Crippen LogP) is 6.03. The second kappa shape index (κ2) is 9.74. The maximum absolute atomic E-state index is 13.1. The molecule has 0 saturated heterocycles. The zero-order valence-electron chi connectivity index (χ0n) is 17.6. The van der Waals surface area contributed by atoms with Crippen molar-refractivity contribution in [1.29, 1.82) is 0 Å². The Labute approximate surface area is 217 Å². The summed E-state index contributed by atoms with van der Waals surface area (Å²) in [5.74, 6) is -1.25. The first-order valence-electron chi connectivity index (χ1n) is 9.79. The van der Waals surface area contributed by atoms with E-state index in [4.69, 9.17) is 34.8 Å². The number of halogens is 6. The third kappa shape index (κ3) is 5.19. The van der Waals surface area contributed by atoms with Crippen LogP contribution in [0.3, 0.4) is 0 Å². The number of hydrogen-bond donors (Lipinski definition) is 1. The lowest BCUT2D eigenvalue weighted by molar-refractivity contribution is -0.137. The lowest BCUT2D eigenvalue weighted by Gasteiger charge is -2.12. The number of sulfonamides is 1. The molecule has 4 rings (SSSR count). The van der Waals surface area contributed by atoms with Crippen molar-refractivity contribution in [3.63, 3.8) is 0 Å². The first kappa shape index (κ1) is 26.0. The van der Waals surface area contributed by atoms with Crippen molar-refractivity contribution in [1.82, 2.24) is 19.7 Å². The van der Waals surface area contributed by atoms with E-state index in [1.54, 1.807) is 35.1 Å². The summed E-state index contributed by atoms with van der Waals surface area (Å²) in [4.78, 5) is 12.2. The molecular weight excluding hydrogens is 564 g/mol. The number of aromatic nitrogens is 3. The van der Waals surface area contributed by atoms with Gasteiger partial charge in [-0.15, -0.1) is 5.10 Å². The molecule has 0 saturated carbocycles. The highest BCUT2D eigenvalue weighted by Gasteiger charge is 2.34. The van der Waals surface area contributed by atoms with Crippen LogP contribution in [0, 0.1) is 0 Å². The standard InChI is InChI=1S/C22H12Cl3F3N4O3S/c23-14-7-9-17(16(25)11-14)32-20(12-4-2-1-3-5-12)19(29-31-32)21(33)30-36(34,35)18-10-13(22(26,27)28)6-8-15(18)24/h1-11H,(H,30,33). The van der Waals surface area contributed by atoms with Crippen LogP contribution in [0.2, 0.25) is 15.1 Å². The van der Waals surface area contributed by atoms with Crippen LogP contribution in [0.4, 0.5) is 13.2 Å². The molecule has 1 heterocycles. The molecule has 0 unspecified atom stereocenters. The van der Waals surface area contributed by atoms with E-state index in [1.165, 1.54) is 22.9 Å². The van der Waals surface area contributed by atoms with Crippen molar-refractivity contribution >= 4 is 50.7 Å². The minimum absolute atomic E-state index is 0.0719. The molecule has 3 aromatic carbocycles. The Bertz CT molecular complexity index is 1580. The molecule has 0 aliphatic carbocycles. The van der Waals surface area contributed by atoms with Gasteiger partial charge >= 0.3 is 6.18 Å². The van der Waals surface area contributed by atoms with Gasteiger partial charge in [0.05, 0.1) is 21.3 Å². The summed E-state index contributed by atoms with van der Waals surface area (Å²) in [7, 11) is -4.84. The number of rotatable bonds is 5. The zero-order chi connectivity index (χ0) is 26.3. The van der Waals surface area contributed by atoms with Crippen LogP contribution < -0.4 is 4.72 Å². The van der Waals surface area contributed by atoms with E-state index in [0.717, 1.165) is 6.07 Å². The molecule has 0 bridgehead atoms. The van der Waals surface area contributed by atoms with Gasteiger partial charge in [0.25, 0.3) is 15.9 Å². The topological polar surface area (TPSA) is 93.9 Å². The average molecular weight is 576 g/mol. The normalized spacial score (nSPS) is 11.9. The second-order valence-electron chi connectivity index (χ2n) is 7.24. The minimum Gasteiger partial charge on any atom is -0.266 e. The number of carbonyl (C=O) groups excluding carboxylic acids is 1. The number of benzene rings is 3. The minimum atomic E-state index is -4.84. The fraction of sp³-hybridized carbons (Fsp3) is 0.0455. The number of carbonyl (C=O) groups is 1. The third-order valence-electron chi connectivity index (χ3n) is 4.85. The summed E-state index contributed by atoms with van der Waals surface area (Å²) in [6.45, 7) is 0. The van der Waals surface area contributed by atoms with E-state index in [2.05, 4.69) is 10.3 Å². The Morgan fingerprint density at radius 3 is 2.25 bits per heavy atom. The quantitative estimate of drug-likeness (QED) is 0.314. The maximum Gasteiger partial charge on any atom is 0.416 e. The van der Waals surface area contributed by atoms with Crippen molar-refractivity contribution in [2.24, 2.45) is 0 Å². The van der Waals surface area contributed by atoms with E-state index >= 15 is 0 Å². The van der Waals surface area contributed by atoms with Gasteiger partial charge in [-0.2, -0.15) is 13.2 Å². The highest BCUT2D eigenvalue weighted by atomic mass is 35.5. The Morgan fingerprint density at radius 2 is 1.61 bits per heavy atom. The smallest absolute Gasteiger partial charge is 0.266 e. The molecule has 7 nitrogen and oxygen atoms in total. The molecule has 4 aromatic rings. The van der Waals surface area contributed by atoms with Gasteiger partial charge in [-0.3, -0.25) is 4.79 Å². The van der Waals surface area contributed by atoms with E-state index < -0.39 is 43.3 Å².